The molecule has 0 aromatic heterocycles. The van der Waals surface area contributed by atoms with E-state index in [1.807, 2.05) is 0 Å². The summed E-state index contributed by atoms with van der Waals surface area (Å²) < 4.78 is 0. The number of carbonyl (C=O) groups excluding carboxylic acids is 1. The minimum atomic E-state index is 0.206. The van der Waals surface area contributed by atoms with E-state index in [0.29, 0.717) is 12.0 Å². The molecule has 1 amide bonds. The number of hydrogen-bond donors (Lipinski definition) is 0. The average Bonchev–Trinajstić information content (AvgIpc) is 2.64. The van der Waals surface area contributed by atoms with Crippen molar-refractivity contribution in [3.05, 3.63) is 28.8 Å². The van der Waals surface area contributed by atoms with Gasteiger partial charge in [-0.1, -0.05) is 30.5 Å². The number of carbonyl (C=O) groups is 1. The molecule has 0 spiro atoms. The Balaban J connectivity index is 2.18. The fraction of sp³-hybridized carbons (Fsp3) is 0.562. The molecule has 0 N–H and O–H groups in total. The summed E-state index contributed by atoms with van der Waals surface area (Å²) in [5.41, 5.74) is 5.22. The zero-order valence-corrected chi connectivity index (χ0v) is 11.5. The molecule has 96 valence electrons. The van der Waals surface area contributed by atoms with Crippen LogP contribution in [0.25, 0.3) is 0 Å². The van der Waals surface area contributed by atoms with E-state index in [1.165, 1.54) is 41.6 Å². The van der Waals surface area contributed by atoms with E-state index in [1.54, 1.807) is 6.92 Å². The first-order valence-electron chi connectivity index (χ1n) is 7.00. The third-order valence-electron chi connectivity index (χ3n) is 4.52. The van der Waals surface area contributed by atoms with Crippen LogP contribution in [0.4, 0.5) is 5.69 Å². The molecule has 1 heterocycles. The molecular formula is C16H21NO. The van der Waals surface area contributed by atoms with Crippen molar-refractivity contribution in [3.63, 3.8) is 0 Å². The lowest BCUT2D eigenvalue weighted by atomic mass is 9.82. The molecule has 0 bridgehead atoms. The van der Waals surface area contributed by atoms with Gasteiger partial charge in [0, 0.05) is 18.9 Å². The Hall–Kier alpha value is -1.31. The van der Waals surface area contributed by atoms with Gasteiger partial charge in [-0.15, -0.1) is 0 Å². The van der Waals surface area contributed by atoms with Crippen molar-refractivity contribution in [2.45, 2.75) is 58.4 Å². The summed E-state index contributed by atoms with van der Waals surface area (Å²) in [5, 5.41) is 0. The van der Waals surface area contributed by atoms with Crippen LogP contribution in [-0.2, 0) is 4.79 Å². The molecule has 18 heavy (non-hydrogen) atoms. The van der Waals surface area contributed by atoms with Gasteiger partial charge in [-0.3, -0.25) is 4.79 Å². The van der Waals surface area contributed by atoms with Crippen molar-refractivity contribution in [1.82, 2.24) is 0 Å². The third-order valence-corrected chi connectivity index (χ3v) is 4.52. The Morgan fingerprint density at radius 3 is 2.67 bits per heavy atom. The molecular weight excluding hydrogens is 222 g/mol. The van der Waals surface area contributed by atoms with E-state index >= 15 is 0 Å². The number of amides is 1. The number of rotatable bonds is 0. The van der Waals surface area contributed by atoms with Crippen LogP contribution in [0.15, 0.2) is 12.1 Å². The summed E-state index contributed by atoms with van der Waals surface area (Å²) in [6.45, 7) is 6.00. The molecule has 1 aliphatic carbocycles. The molecule has 1 aromatic rings. The largest absolute Gasteiger partial charge is 0.308 e. The van der Waals surface area contributed by atoms with E-state index in [0.717, 1.165) is 6.42 Å². The summed E-state index contributed by atoms with van der Waals surface area (Å²) in [7, 11) is 0. The lowest BCUT2D eigenvalue weighted by molar-refractivity contribution is -0.117. The maximum Gasteiger partial charge on any atom is 0.224 e. The first-order chi connectivity index (χ1) is 8.59. The maximum atomic E-state index is 12.0. The van der Waals surface area contributed by atoms with Crippen molar-refractivity contribution in [2.75, 3.05) is 4.90 Å². The van der Waals surface area contributed by atoms with Crippen molar-refractivity contribution in [2.24, 2.45) is 0 Å². The highest BCUT2D eigenvalue weighted by Gasteiger charge is 2.42. The quantitative estimate of drug-likeness (QED) is 0.680. The predicted molar refractivity (Wildman–Crippen MR) is 74.1 cm³/mol. The molecule has 0 unspecified atom stereocenters. The highest BCUT2D eigenvalue weighted by Crippen LogP contribution is 2.49. The fourth-order valence-electron chi connectivity index (χ4n) is 3.94. The van der Waals surface area contributed by atoms with Crippen LogP contribution in [0.3, 0.4) is 0 Å². The molecule has 3 rings (SSSR count). The predicted octanol–water partition coefficient (Wildman–Crippen LogP) is 3.70. The second kappa shape index (κ2) is 4.11. The van der Waals surface area contributed by atoms with Crippen LogP contribution in [-0.4, -0.2) is 11.9 Å². The minimum absolute atomic E-state index is 0.206. The molecule has 2 heteroatoms. The van der Waals surface area contributed by atoms with Crippen LogP contribution in [0, 0.1) is 13.8 Å². The monoisotopic (exact) mass is 243 g/mol. The zero-order chi connectivity index (χ0) is 12.9. The van der Waals surface area contributed by atoms with Gasteiger partial charge in [-0.2, -0.15) is 0 Å². The van der Waals surface area contributed by atoms with Crippen LogP contribution in [0.5, 0.6) is 0 Å². The summed E-state index contributed by atoms with van der Waals surface area (Å²) in [4.78, 5) is 14.1. The summed E-state index contributed by atoms with van der Waals surface area (Å²) >= 11 is 0. The van der Waals surface area contributed by atoms with Gasteiger partial charge >= 0.3 is 0 Å². The second-order valence-corrected chi connectivity index (χ2v) is 5.87. The summed E-state index contributed by atoms with van der Waals surface area (Å²) in [5.74, 6) is 0.786. The molecule has 0 saturated heterocycles. The topological polar surface area (TPSA) is 20.3 Å². The Morgan fingerprint density at radius 1 is 1.22 bits per heavy atom. The Morgan fingerprint density at radius 2 is 1.94 bits per heavy atom. The third kappa shape index (κ3) is 1.58. The molecule has 2 aliphatic rings. The van der Waals surface area contributed by atoms with Gasteiger partial charge in [0.05, 0.1) is 5.69 Å². The van der Waals surface area contributed by atoms with Crippen LogP contribution in [0.2, 0.25) is 0 Å². The van der Waals surface area contributed by atoms with E-state index in [4.69, 9.17) is 0 Å². The fourth-order valence-corrected chi connectivity index (χ4v) is 3.94. The van der Waals surface area contributed by atoms with Crippen molar-refractivity contribution < 1.29 is 4.79 Å². The average molecular weight is 243 g/mol. The smallest absolute Gasteiger partial charge is 0.224 e. The highest BCUT2D eigenvalue weighted by molar-refractivity contribution is 5.96. The number of benzene rings is 1. The number of nitrogens with zero attached hydrogens (tertiary/aromatic N) is 1. The summed E-state index contributed by atoms with van der Waals surface area (Å²) in [6.07, 6.45) is 4.97. The van der Waals surface area contributed by atoms with Gasteiger partial charge in [0.15, 0.2) is 0 Å². The van der Waals surface area contributed by atoms with E-state index in [2.05, 4.69) is 30.9 Å². The molecule has 0 radical (unpaired) electrons. The van der Waals surface area contributed by atoms with Crippen LogP contribution < -0.4 is 4.90 Å². The van der Waals surface area contributed by atoms with Crippen LogP contribution in [0.1, 0.15) is 55.2 Å². The SMILES string of the molecule is CC(=O)N1c2c(C)cc(C)cc2[C@H]2CCCC[C@H]21. The van der Waals surface area contributed by atoms with Crippen molar-refractivity contribution in [3.8, 4) is 0 Å². The lowest BCUT2D eigenvalue weighted by Gasteiger charge is -2.31. The number of fused-ring (bicyclic) bond motifs is 3. The first-order valence-corrected chi connectivity index (χ1v) is 7.00. The molecule has 1 aromatic carbocycles. The number of hydrogen-bond acceptors (Lipinski definition) is 1. The standard InChI is InChI=1S/C16H21NO/c1-10-8-11(2)16-14(9-10)13-6-4-5-7-15(13)17(16)12(3)18/h8-9,13,15H,4-7H2,1-3H3/t13-,15-/m1/s1. The van der Waals surface area contributed by atoms with Gasteiger partial charge in [-0.25, -0.2) is 0 Å². The zero-order valence-electron chi connectivity index (χ0n) is 11.5. The van der Waals surface area contributed by atoms with Crippen LogP contribution >= 0.6 is 0 Å². The number of anilines is 1. The lowest BCUT2D eigenvalue weighted by Crippen LogP contribution is -2.39. The first kappa shape index (κ1) is 11.8. The van der Waals surface area contributed by atoms with Crippen molar-refractivity contribution in [1.29, 1.82) is 0 Å². The Kier molecular flexibility index (Phi) is 2.69. The van der Waals surface area contributed by atoms with E-state index in [-0.39, 0.29) is 5.91 Å². The molecule has 1 fully saturated rings. The van der Waals surface area contributed by atoms with Gasteiger partial charge in [0.25, 0.3) is 0 Å². The normalized spacial score (nSPS) is 25.8. The van der Waals surface area contributed by atoms with Gasteiger partial charge in [-0.05, 0) is 37.8 Å². The molecule has 1 aliphatic heterocycles. The maximum absolute atomic E-state index is 12.0. The molecule has 2 atom stereocenters. The number of aryl methyl sites for hydroxylation is 2. The van der Waals surface area contributed by atoms with Gasteiger partial charge in [0.2, 0.25) is 5.91 Å². The van der Waals surface area contributed by atoms with E-state index in [9.17, 15) is 4.79 Å². The van der Waals surface area contributed by atoms with Crippen molar-refractivity contribution >= 4 is 11.6 Å². The highest BCUT2D eigenvalue weighted by atomic mass is 16.2. The summed E-state index contributed by atoms with van der Waals surface area (Å²) in [6, 6.07) is 4.92. The minimum Gasteiger partial charge on any atom is -0.308 e. The Bertz CT molecular complexity index is 506. The van der Waals surface area contributed by atoms with E-state index < -0.39 is 0 Å². The van der Waals surface area contributed by atoms with Gasteiger partial charge in [0.1, 0.15) is 0 Å². The molecule has 1 saturated carbocycles. The van der Waals surface area contributed by atoms with Gasteiger partial charge < -0.3 is 4.90 Å². The second-order valence-electron chi connectivity index (χ2n) is 5.87. The Labute approximate surface area is 109 Å². The molecule has 2 nitrogen and oxygen atoms in total.